The van der Waals surface area contributed by atoms with Crippen molar-refractivity contribution in [2.75, 3.05) is 6.54 Å². The van der Waals surface area contributed by atoms with Crippen molar-refractivity contribution in [1.29, 1.82) is 0 Å². The highest BCUT2D eigenvalue weighted by Gasteiger charge is 2.17. The van der Waals surface area contributed by atoms with Gasteiger partial charge in [-0.25, -0.2) is 17.5 Å². The lowest BCUT2D eigenvalue weighted by Crippen LogP contribution is -2.26. The van der Waals surface area contributed by atoms with Crippen LogP contribution in [0.3, 0.4) is 0 Å². The van der Waals surface area contributed by atoms with Crippen LogP contribution in [0.4, 0.5) is 4.39 Å². The van der Waals surface area contributed by atoms with Gasteiger partial charge in [-0.15, -0.1) is 0 Å². The fourth-order valence-corrected chi connectivity index (χ4v) is 3.84. The zero-order valence-corrected chi connectivity index (χ0v) is 13.3. The highest BCUT2D eigenvalue weighted by atomic mass is 79.9. The van der Waals surface area contributed by atoms with E-state index >= 15 is 0 Å². The first kappa shape index (κ1) is 15.9. The molecule has 2 N–H and O–H groups in total. The Kier molecular flexibility index (Phi) is 4.97. The number of phenolic OH excluding ortho intramolecular Hbond substituents is 1. The van der Waals surface area contributed by atoms with Crippen LogP contribution in [-0.4, -0.2) is 20.1 Å². The monoisotopic (exact) mass is 373 g/mol. The van der Waals surface area contributed by atoms with Gasteiger partial charge < -0.3 is 5.11 Å². The predicted octanol–water partition coefficient (Wildman–Crippen LogP) is 2.81. The van der Waals surface area contributed by atoms with Gasteiger partial charge in [-0.2, -0.15) is 0 Å². The van der Waals surface area contributed by atoms with Gasteiger partial charge >= 0.3 is 0 Å². The van der Waals surface area contributed by atoms with Crippen molar-refractivity contribution >= 4 is 26.0 Å². The van der Waals surface area contributed by atoms with E-state index in [1.54, 1.807) is 24.3 Å². The summed E-state index contributed by atoms with van der Waals surface area (Å²) in [6, 6.07) is 9.94. The topological polar surface area (TPSA) is 66.4 Å². The predicted molar refractivity (Wildman–Crippen MR) is 81.1 cm³/mol. The van der Waals surface area contributed by atoms with Crippen molar-refractivity contribution in [2.24, 2.45) is 0 Å². The highest BCUT2D eigenvalue weighted by Crippen LogP contribution is 2.22. The van der Waals surface area contributed by atoms with Crippen LogP contribution in [0.1, 0.15) is 5.56 Å². The first-order valence-electron chi connectivity index (χ1n) is 6.11. The minimum atomic E-state index is -3.70. The van der Waals surface area contributed by atoms with Crippen molar-refractivity contribution in [3.05, 3.63) is 58.3 Å². The molecule has 0 aliphatic heterocycles. The molecule has 7 heteroatoms. The molecule has 0 aromatic heterocycles. The Balaban J connectivity index is 2.03. The van der Waals surface area contributed by atoms with Crippen LogP contribution in [0.25, 0.3) is 0 Å². The molecule has 4 nitrogen and oxygen atoms in total. The number of sulfonamides is 1. The summed E-state index contributed by atoms with van der Waals surface area (Å²) in [5, 5.41) is 9.17. The fourth-order valence-electron chi connectivity index (χ4n) is 1.76. The molecule has 2 aromatic carbocycles. The molecule has 0 aliphatic rings. The standard InChI is InChI=1S/C14H13BrFNO3S/c15-13-9-11(16)3-6-14(13)21(19,20)17-8-7-10-1-4-12(18)5-2-10/h1-6,9,17-18H,7-8H2. The molecule has 112 valence electrons. The molecular formula is C14H13BrFNO3S. The summed E-state index contributed by atoms with van der Waals surface area (Å²) < 4.78 is 39.8. The van der Waals surface area contributed by atoms with Gasteiger partial charge in [-0.1, -0.05) is 12.1 Å². The summed E-state index contributed by atoms with van der Waals surface area (Å²) in [5.41, 5.74) is 0.897. The number of nitrogens with one attached hydrogen (secondary N) is 1. The minimum absolute atomic E-state index is 0.00499. The maximum Gasteiger partial charge on any atom is 0.241 e. The summed E-state index contributed by atoms with van der Waals surface area (Å²) in [6.07, 6.45) is 0.484. The van der Waals surface area contributed by atoms with E-state index in [1.807, 2.05) is 0 Å². The first-order chi connectivity index (χ1) is 9.88. The van der Waals surface area contributed by atoms with Crippen LogP contribution in [0, 0.1) is 5.82 Å². The van der Waals surface area contributed by atoms with E-state index in [4.69, 9.17) is 5.11 Å². The molecule has 0 atom stereocenters. The third-order valence-corrected chi connectivity index (χ3v) is 5.26. The molecule has 0 bridgehead atoms. The average molecular weight is 374 g/mol. The van der Waals surface area contributed by atoms with Gasteiger partial charge in [0, 0.05) is 11.0 Å². The van der Waals surface area contributed by atoms with Crippen molar-refractivity contribution < 1.29 is 17.9 Å². The normalized spacial score (nSPS) is 11.5. The molecule has 0 radical (unpaired) electrons. The smallest absolute Gasteiger partial charge is 0.241 e. The van der Waals surface area contributed by atoms with Crippen molar-refractivity contribution in [3.63, 3.8) is 0 Å². The maximum absolute atomic E-state index is 13.0. The molecular weight excluding hydrogens is 361 g/mol. The van der Waals surface area contributed by atoms with Gasteiger partial charge in [-0.05, 0) is 58.2 Å². The SMILES string of the molecule is O=S(=O)(NCCc1ccc(O)cc1)c1ccc(F)cc1Br. The lowest BCUT2D eigenvalue weighted by molar-refractivity contribution is 0.475. The zero-order valence-electron chi connectivity index (χ0n) is 10.9. The van der Waals surface area contributed by atoms with Gasteiger partial charge in [-0.3, -0.25) is 0 Å². The van der Waals surface area contributed by atoms with E-state index in [0.717, 1.165) is 17.7 Å². The van der Waals surface area contributed by atoms with Crippen LogP contribution in [0.5, 0.6) is 5.75 Å². The van der Waals surface area contributed by atoms with E-state index in [9.17, 15) is 12.8 Å². The second-order valence-corrected chi connectivity index (χ2v) is 6.98. The Hall–Kier alpha value is -1.44. The van der Waals surface area contributed by atoms with Crippen LogP contribution < -0.4 is 4.72 Å². The molecule has 0 spiro atoms. The fraction of sp³-hybridized carbons (Fsp3) is 0.143. The number of halogens is 2. The Labute approximate surface area is 130 Å². The number of hydrogen-bond acceptors (Lipinski definition) is 3. The third-order valence-electron chi connectivity index (χ3n) is 2.83. The third kappa shape index (κ3) is 4.26. The quantitative estimate of drug-likeness (QED) is 0.846. The van der Waals surface area contributed by atoms with Gasteiger partial charge in [0.15, 0.2) is 0 Å². The number of benzene rings is 2. The molecule has 0 unspecified atom stereocenters. The van der Waals surface area contributed by atoms with Crippen molar-refractivity contribution in [2.45, 2.75) is 11.3 Å². The second-order valence-electron chi connectivity index (χ2n) is 4.39. The highest BCUT2D eigenvalue weighted by molar-refractivity contribution is 9.10. The Bertz CT molecular complexity index is 732. The zero-order chi connectivity index (χ0) is 15.5. The maximum atomic E-state index is 13.0. The molecule has 0 saturated carbocycles. The Morgan fingerprint density at radius 2 is 1.81 bits per heavy atom. The number of hydrogen-bond donors (Lipinski definition) is 2. The van der Waals surface area contributed by atoms with Gasteiger partial charge in [0.25, 0.3) is 0 Å². The lowest BCUT2D eigenvalue weighted by Gasteiger charge is -2.08. The van der Waals surface area contributed by atoms with Gasteiger partial charge in [0.1, 0.15) is 11.6 Å². The van der Waals surface area contributed by atoms with Crippen molar-refractivity contribution in [1.82, 2.24) is 4.72 Å². The van der Waals surface area contributed by atoms with Crippen LogP contribution >= 0.6 is 15.9 Å². The lowest BCUT2D eigenvalue weighted by atomic mass is 10.1. The van der Waals surface area contributed by atoms with E-state index < -0.39 is 15.8 Å². The summed E-state index contributed by atoms with van der Waals surface area (Å²) in [4.78, 5) is -0.00499. The molecule has 21 heavy (non-hydrogen) atoms. The van der Waals surface area contributed by atoms with Crippen LogP contribution in [0.2, 0.25) is 0 Å². The summed E-state index contributed by atoms with van der Waals surface area (Å²) in [7, 11) is -3.70. The van der Waals surface area contributed by atoms with Crippen LogP contribution in [-0.2, 0) is 16.4 Å². The second kappa shape index (κ2) is 6.55. The molecule has 0 fully saturated rings. The summed E-state index contributed by atoms with van der Waals surface area (Å²) >= 11 is 3.04. The molecule has 0 amide bonds. The molecule has 0 aliphatic carbocycles. The first-order valence-corrected chi connectivity index (χ1v) is 8.39. The van der Waals surface area contributed by atoms with Crippen LogP contribution in [0.15, 0.2) is 51.8 Å². The number of rotatable bonds is 5. The van der Waals surface area contributed by atoms with Gasteiger partial charge in [0.05, 0.1) is 4.90 Å². The van der Waals surface area contributed by atoms with Gasteiger partial charge in [0.2, 0.25) is 10.0 Å². The minimum Gasteiger partial charge on any atom is -0.508 e. The largest absolute Gasteiger partial charge is 0.508 e. The van der Waals surface area contributed by atoms with E-state index in [-0.39, 0.29) is 21.7 Å². The average Bonchev–Trinajstić information content (AvgIpc) is 2.40. The number of aromatic hydroxyl groups is 1. The number of phenols is 1. The Morgan fingerprint density at radius 1 is 1.14 bits per heavy atom. The van der Waals surface area contributed by atoms with Crippen molar-refractivity contribution in [3.8, 4) is 5.75 Å². The summed E-state index contributed by atoms with van der Waals surface area (Å²) in [6.45, 7) is 0.205. The molecule has 0 heterocycles. The van der Waals surface area contributed by atoms with E-state index in [1.165, 1.54) is 6.07 Å². The van der Waals surface area contributed by atoms with E-state index in [0.29, 0.717) is 6.42 Å². The van der Waals surface area contributed by atoms with E-state index in [2.05, 4.69) is 20.7 Å². The molecule has 2 aromatic rings. The molecule has 0 saturated heterocycles. The Morgan fingerprint density at radius 3 is 2.43 bits per heavy atom. The molecule has 2 rings (SSSR count). The summed E-state index contributed by atoms with van der Waals surface area (Å²) in [5.74, 6) is -0.348.